The first-order valence-electron chi connectivity index (χ1n) is 4.95. The number of methoxy groups -OCH3 is 1. The van der Waals surface area contributed by atoms with Gasteiger partial charge in [-0.2, -0.15) is 5.26 Å². The number of hydrogen-bond acceptors (Lipinski definition) is 5. The lowest BCUT2D eigenvalue weighted by atomic mass is 10.3. The average molecular weight is 227 g/mol. The summed E-state index contributed by atoms with van der Waals surface area (Å²) in [7, 11) is 1.30. The van der Waals surface area contributed by atoms with Gasteiger partial charge in [0.05, 0.1) is 26.3 Å². The van der Waals surface area contributed by atoms with E-state index in [-0.39, 0.29) is 37.6 Å². The van der Waals surface area contributed by atoms with Gasteiger partial charge in [-0.1, -0.05) is 0 Å². The van der Waals surface area contributed by atoms with Crippen LogP contribution in [0.4, 0.5) is 0 Å². The summed E-state index contributed by atoms with van der Waals surface area (Å²) in [6, 6.07) is 1.86. The number of rotatable bonds is 6. The van der Waals surface area contributed by atoms with Crippen LogP contribution < -0.4 is 5.32 Å². The molecule has 0 atom stereocenters. The van der Waals surface area contributed by atoms with E-state index in [9.17, 15) is 9.59 Å². The highest BCUT2D eigenvalue weighted by atomic mass is 16.5. The van der Waals surface area contributed by atoms with Crippen LogP contribution in [0.25, 0.3) is 0 Å². The second-order valence-electron chi connectivity index (χ2n) is 3.51. The van der Waals surface area contributed by atoms with Crippen LogP contribution in [-0.2, 0) is 14.3 Å². The molecule has 6 heteroatoms. The predicted molar refractivity (Wildman–Crippen MR) is 57.3 cm³/mol. The maximum Gasteiger partial charge on any atom is 0.319 e. The van der Waals surface area contributed by atoms with Crippen molar-refractivity contribution in [2.75, 3.05) is 26.7 Å². The number of hydrogen-bond donors (Lipinski definition) is 1. The van der Waals surface area contributed by atoms with Crippen molar-refractivity contribution in [3.63, 3.8) is 0 Å². The number of nitriles is 1. The van der Waals surface area contributed by atoms with Crippen LogP contribution in [0.15, 0.2) is 0 Å². The molecule has 0 aliphatic carbocycles. The van der Waals surface area contributed by atoms with Crippen molar-refractivity contribution >= 4 is 11.9 Å². The van der Waals surface area contributed by atoms with Crippen LogP contribution >= 0.6 is 0 Å². The Morgan fingerprint density at radius 1 is 1.44 bits per heavy atom. The zero-order valence-corrected chi connectivity index (χ0v) is 9.82. The third-order valence-electron chi connectivity index (χ3n) is 2.00. The lowest BCUT2D eigenvalue weighted by Gasteiger charge is -2.24. The molecule has 0 saturated carbocycles. The summed E-state index contributed by atoms with van der Waals surface area (Å²) in [5.74, 6) is -0.666. The van der Waals surface area contributed by atoms with Crippen molar-refractivity contribution in [3.8, 4) is 6.07 Å². The minimum atomic E-state index is -0.387. The highest BCUT2D eigenvalue weighted by Crippen LogP contribution is 1.97. The van der Waals surface area contributed by atoms with E-state index in [0.29, 0.717) is 0 Å². The Hall–Kier alpha value is -1.61. The Morgan fingerprint density at radius 2 is 2.06 bits per heavy atom. The fourth-order valence-corrected chi connectivity index (χ4v) is 1.03. The molecule has 0 aliphatic rings. The normalized spacial score (nSPS) is 10.0. The van der Waals surface area contributed by atoms with Crippen molar-refractivity contribution < 1.29 is 14.3 Å². The number of esters is 1. The van der Waals surface area contributed by atoms with Crippen LogP contribution in [0.3, 0.4) is 0 Å². The van der Waals surface area contributed by atoms with Gasteiger partial charge in [-0.25, -0.2) is 0 Å². The first kappa shape index (κ1) is 14.4. The van der Waals surface area contributed by atoms with Crippen molar-refractivity contribution in [1.82, 2.24) is 10.2 Å². The number of carbonyl (C=O) groups is 2. The highest BCUT2D eigenvalue weighted by Gasteiger charge is 2.17. The molecule has 6 nitrogen and oxygen atoms in total. The Labute approximate surface area is 95.2 Å². The molecule has 0 fully saturated rings. The molecular formula is C10H17N3O3. The molecule has 0 aromatic heterocycles. The van der Waals surface area contributed by atoms with E-state index in [4.69, 9.17) is 5.26 Å². The smallest absolute Gasteiger partial charge is 0.319 e. The van der Waals surface area contributed by atoms with E-state index in [1.165, 1.54) is 7.11 Å². The molecule has 0 aromatic carbocycles. The van der Waals surface area contributed by atoms with Crippen LogP contribution in [0.5, 0.6) is 0 Å². The van der Waals surface area contributed by atoms with Gasteiger partial charge in [0.1, 0.15) is 6.54 Å². The number of amides is 1. The first-order valence-corrected chi connectivity index (χ1v) is 4.95. The van der Waals surface area contributed by atoms with Crippen molar-refractivity contribution in [2.24, 2.45) is 0 Å². The number of carbonyl (C=O) groups excluding carboxylic acids is 2. The summed E-state index contributed by atoms with van der Waals surface area (Å²) >= 11 is 0. The van der Waals surface area contributed by atoms with Crippen molar-refractivity contribution in [2.45, 2.75) is 19.9 Å². The minimum absolute atomic E-state index is 0.0248. The van der Waals surface area contributed by atoms with Gasteiger partial charge >= 0.3 is 5.97 Å². The number of nitrogens with one attached hydrogen (secondary N) is 1. The number of ether oxygens (including phenoxy) is 1. The van der Waals surface area contributed by atoms with Crippen LogP contribution in [0, 0.1) is 11.3 Å². The van der Waals surface area contributed by atoms with Gasteiger partial charge in [-0.05, 0) is 13.8 Å². The summed E-state index contributed by atoms with van der Waals surface area (Å²) in [5.41, 5.74) is 0. The van der Waals surface area contributed by atoms with Gasteiger partial charge in [0.2, 0.25) is 5.91 Å². The van der Waals surface area contributed by atoms with E-state index in [0.717, 1.165) is 0 Å². The molecule has 0 bridgehead atoms. The van der Waals surface area contributed by atoms with Gasteiger partial charge in [-0.15, -0.1) is 0 Å². The maximum atomic E-state index is 11.3. The summed E-state index contributed by atoms with van der Waals surface area (Å²) < 4.78 is 4.53. The van der Waals surface area contributed by atoms with Crippen LogP contribution in [0.1, 0.15) is 13.8 Å². The Balaban J connectivity index is 4.18. The summed E-state index contributed by atoms with van der Waals surface area (Å²) in [6.45, 7) is 3.87. The topological polar surface area (TPSA) is 82.4 Å². The molecule has 0 rings (SSSR count). The highest BCUT2D eigenvalue weighted by molar-refractivity contribution is 5.79. The molecule has 0 aliphatic heterocycles. The van der Waals surface area contributed by atoms with Crippen molar-refractivity contribution in [3.05, 3.63) is 0 Å². The van der Waals surface area contributed by atoms with Gasteiger partial charge in [0.15, 0.2) is 0 Å². The zero-order valence-electron chi connectivity index (χ0n) is 9.82. The fraction of sp³-hybridized carbons (Fsp3) is 0.700. The molecule has 0 radical (unpaired) electrons. The predicted octanol–water partition coefficient (Wildman–Crippen LogP) is -0.490. The Morgan fingerprint density at radius 3 is 2.50 bits per heavy atom. The molecule has 0 unspecified atom stereocenters. The minimum Gasteiger partial charge on any atom is -0.468 e. The Bertz CT molecular complexity index is 284. The van der Waals surface area contributed by atoms with E-state index < -0.39 is 0 Å². The van der Waals surface area contributed by atoms with Crippen LogP contribution in [0.2, 0.25) is 0 Å². The molecule has 1 amide bonds. The summed E-state index contributed by atoms with van der Waals surface area (Å²) in [4.78, 5) is 24.1. The standard InChI is InChI=1S/C10H17N3O3/c1-8(2)13(7-10(15)16-3)6-9(14)12-5-4-11/h8H,5-7H2,1-3H3,(H,12,14). The number of nitrogens with zero attached hydrogens (tertiary/aromatic N) is 2. The van der Waals surface area contributed by atoms with E-state index in [1.54, 1.807) is 4.90 Å². The van der Waals surface area contributed by atoms with E-state index >= 15 is 0 Å². The zero-order chi connectivity index (χ0) is 12.6. The van der Waals surface area contributed by atoms with Gasteiger partial charge in [0.25, 0.3) is 0 Å². The molecule has 90 valence electrons. The largest absolute Gasteiger partial charge is 0.468 e. The van der Waals surface area contributed by atoms with Crippen molar-refractivity contribution in [1.29, 1.82) is 5.26 Å². The lowest BCUT2D eigenvalue weighted by Crippen LogP contribution is -2.43. The third kappa shape index (κ3) is 5.98. The molecule has 16 heavy (non-hydrogen) atoms. The molecule has 1 N–H and O–H groups in total. The van der Waals surface area contributed by atoms with Gasteiger partial charge in [0, 0.05) is 6.04 Å². The molecule has 0 spiro atoms. The molecule has 0 saturated heterocycles. The molecule has 0 heterocycles. The Kier molecular flexibility index (Phi) is 6.88. The monoisotopic (exact) mass is 227 g/mol. The van der Waals surface area contributed by atoms with Gasteiger partial charge < -0.3 is 10.1 Å². The van der Waals surface area contributed by atoms with E-state index in [1.807, 2.05) is 19.9 Å². The average Bonchev–Trinajstić information content (AvgIpc) is 2.24. The van der Waals surface area contributed by atoms with E-state index in [2.05, 4.69) is 10.1 Å². The third-order valence-corrected chi connectivity index (χ3v) is 2.00. The fourth-order valence-electron chi connectivity index (χ4n) is 1.03. The second kappa shape index (κ2) is 7.65. The van der Waals surface area contributed by atoms with Crippen LogP contribution in [-0.4, -0.2) is 49.6 Å². The summed E-state index contributed by atoms with van der Waals surface area (Å²) in [5, 5.41) is 10.7. The lowest BCUT2D eigenvalue weighted by molar-refractivity contribution is -0.142. The second-order valence-corrected chi connectivity index (χ2v) is 3.51. The molecular weight excluding hydrogens is 210 g/mol. The molecule has 0 aromatic rings. The summed E-state index contributed by atoms with van der Waals surface area (Å²) in [6.07, 6.45) is 0. The first-order chi connectivity index (χ1) is 7.51. The quantitative estimate of drug-likeness (QED) is 0.489. The SMILES string of the molecule is COC(=O)CN(CC(=O)NCC#N)C(C)C. The maximum absolute atomic E-state index is 11.3. The van der Waals surface area contributed by atoms with Gasteiger partial charge in [-0.3, -0.25) is 14.5 Å².